The van der Waals surface area contributed by atoms with Crippen LogP contribution in [-0.4, -0.2) is 30.3 Å². The zero-order chi connectivity index (χ0) is 19.9. The third-order valence-corrected chi connectivity index (χ3v) is 4.38. The number of nitrogens with zero attached hydrogens (tertiary/aromatic N) is 1. The average molecular weight is 443 g/mol. The number of hydrogen-bond acceptors (Lipinski definition) is 4. The van der Waals surface area contributed by atoms with Crippen LogP contribution in [0.4, 0.5) is 5.69 Å². The molecular weight excluding hydrogens is 424 g/mol. The van der Waals surface area contributed by atoms with Gasteiger partial charge in [0.1, 0.15) is 18.1 Å². The van der Waals surface area contributed by atoms with E-state index >= 15 is 0 Å². The fourth-order valence-electron chi connectivity index (χ4n) is 2.45. The maximum absolute atomic E-state index is 12.5. The van der Waals surface area contributed by atoms with Crippen LogP contribution in [0.15, 0.2) is 75.6 Å². The van der Waals surface area contributed by atoms with Crippen LogP contribution in [0.2, 0.25) is 0 Å². The summed E-state index contributed by atoms with van der Waals surface area (Å²) < 4.78 is 12.1. The van der Waals surface area contributed by atoms with Crippen LogP contribution >= 0.6 is 15.9 Å². The number of hydrogen-bond donors (Lipinski definition) is 1. The van der Waals surface area contributed by atoms with Gasteiger partial charge >= 0.3 is 0 Å². The fraction of sp³-hybridized carbons (Fsp3) is 0.143. The number of likely N-dealkylation sites (N-methyl/N-ethyl adjacent to an activating group) is 1. The molecule has 0 spiro atoms. The standard InChI is InChI=1S/C21H19BrN2O4/c1-24(13-20(25)23-16-5-3-2-4-6-16)21(26)19-12-11-18(28-19)14-27-17-9-7-15(22)8-10-17/h2-12H,13-14H2,1H3,(H,23,25). The first-order valence-corrected chi connectivity index (χ1v) is 9.38. The molecule has 0 aliphatic rings. The van der Waals surface area contributed by atoms with Crippen LogP contribution in [0.5, 0.6) is 5.75 Å². The SMILES string of the molecule is CN(CC(=O)Nc1ccccc1)C(=O)c1ccc(COc2ccc(Br)cc2)o1. The van der Waals surface area contributed by atoms with E-state index in [2.05, 4.69) is 21.2 Å². The zero-order valence-electron chi connectivity index (χ0n) is 15.2. The topological polar surface area (TPSA) is 71.8 Å². The molecule has 0 unspecified atom stereocenters. The van der Waals surface area contributed by atoms with Gasteiger partial charge in [0.15, 0.2) is 5.76 Å². The van der Waals surface area contributed by atoms with Crippen LogP contribution in [0, 0.1) is 0 Å². The van der Waals surface area contributed by atoms with E-state index in [1.807, 2.05) is 42.5 Å². The first-order valence-electron chi connectivity index (χ1n) is 8.59. The van der Waals surface area contributed by atoms with Crippen molar-refractivity contribution in [3.05, 3.63) is 82.7 Å². The fourth-order valence-corrected chi connectivity index (χ4v) is 2.72. The molecule has 7 heteroatoms. The second-order valence-electron chi connectivity index (χ2n) is 6.08. The molecule has 0 saturated carbocycles. The average Bonchev–Trinajstić information content (AvgIpc) is 3.16. The lowest BCUT2D eigenvalue weighted by molar-refractivity contribution is -0.116. The Balaban J connectivity index is 1.52. The highest BCUT2D eigenvalue weighted by Crippen LogP contribution is 2.18. The summed E-state index contributed by atoms with van der Waals surface area (Å²) in [6, 6.07) is 19.8. The molecule has 0 fully saturated rings. The van der Waals surface area contributed by atoms with Crippen molar-refractivity contribution in [3.8, 4) is 5.75 Å². The summed E-state index contributed by atoms with van der Waals surface area (Å²) in [5, 5.41) is 2.74. The highest BCUT2D eigenvalue weighted by atomic mass is 79.9. The van der Waals surface area contributed by atoms with Crippen LogP contribution in [-0.2, 0) is 11.4 Å². The summed E-state index contributed by atoms with van der Waals surface area (Å²) in [5.74, 6) is 0.713. The van der Waals surface area contributed by atoms with Crippen molar-refractivity contribution in [2.45, 2.75) is 6.61 Å². The van der Waals surface area contributed by atoms with E-state index in [-0.39, 0.29) is 30.7 Å². The largest absolute Gasteiger partial charge is 0.486 e. The molecule has 28 heavy (non-hydrogen) atoms. The Labute approximate surface area is 171 Å². The molecule has 0 saturated heterocycles. The van der Waals surface area contributed by atoms with Gasteiger partial charge in [0.2, 0.25) is 5.91 Å². The van der Waals surface area contributed by atoms with Gasteiger partial charge < -0.3 is 19.4 Å². The molecule has 0 aliphatic carbocycles. The third kappa shape index (κ3) is 5.47. The lowest BCUT2D eigenvalue weighted by Gasteiger charge is -2.15. The predicted octanol–water partition coefficient (Wildman–Crippen LogP) is 4.33. The second-order valence-corrected chi connectivity index (χ2v) is 7.00. The number of anilines is 1. The molecule has 0 radical (unpaired) electrons. The Bertz CT molecular complexity index is 939. The number of rotatable bonds is 7. The van der Waals surface area contributed by atoms with Gasteiger partial charge in [0, 0.05) is 17.2 Å². The molecule has 1 N–H and O–H groups in total. The molecule has 1 aromatic heterocycles. The van der Waals surface area contributed by atoms with Crippen molar-refractivity contribution in [3.63, 3.8) is 0 Å². The molecule has 0 bridgehead atoms. The van der Waals surface area contributed by atoms with Gasteiger partial charge in [-0.25, -0.2) is 0 Å². The normalized spacial score (nSPS) is 10.4. The predicted molar refractivity (Wildman–Crippen MR) is 109 cm³/mol. The Morgan fingerprint density at radius 2 is 1.75 bits per heavy atom. The van der Waals surface area contributed by atoms with E-state index in [0.29, 0.717) is 17.2 Å². The van der Waals surface area contributed by atoms with Gasteiger partial charge in [0.25, 0.3) is 5.91 Å². The van der Waals surface area contributed by atoms with E-state index < -0.39 is 0 Å². The Kier molecular flexibility index (Phi) is 6.49. The minimum Gasteiger partial charge on any atom is -0.486 e. The molecule has 3 aromatic rings. The van der Waals surface area contributed by atoms with E-state index in [1.54, 1.807) is 31.3 Å². The minimum atomic E-state index is -0.377. The summed E-state index contributed by atoms with van der Waals surface area (Å²) >= 11 is 3.36. The highest BCUT2D eigenvalue weighted by molar-refractivity contribution is 9.10. The number of carbonyl (C=O) groups is 2. The van der Waals surface area contributed by atoms with Crippen molar-refractivity contribution >= 4 is 33.4 Å². The van der Waals surface area contributed by atoms with Gasteiger partial charge in [-0.3, -0.25) is 9.59 Å². The number of furan rings is 1. The van der Waals surface area contributed by atoms with Crippen molar-refractivity contribution in [1.29, 1.82) is 0 Å². The van der Waals surface area contributed by atoms with Crippen molar-refractivity contribution in [1.82, 2.24) is 4.90 Å². The van der Waals surface area contributed by atoms with Gasteiger partial charge in [-0.2, -0.15) is 0 Å². The summed E-state index contributed by atoms with van der Waals surface area (Å²) in [7, 11) is 1.55. The summed E-state index contributed by atoms with van der Waals surface area (Å²) in [6.45, 7) is 0.117. The molecule has 1 heterocycles. The van der Waals surface area contributed by atoms with Crippen LogP contribution in [0.25, 0.3) is 0 Å². The van der Waals surface area contributed by atoms with E-state index in [4.69, 9.17) is 9.15 Å². The molecule has 6 nitrogen and oxygen atoms in total. The second kappa shape index (κ2) is 9.23. The summed E-state index contributed by atoms with van der Waals surface area (Å²) in [4.78, 5) is 25.9. The molecular formula is C21H19BrN2O4. The Hall–Kier alpha value is -3.06. The van der Waals surface area contributed by atoms with E-state index in [1.165, 1.54) is 4.90 Å². The number of carbonyl (C=O) groups excluding carboxylic acids is 2. The first-order chi connectivity index (χ1) is 13.5. The van der Waals surface area contributed by atoms with Crippen molar-refractivity contribution in [2.24, 2.45) is 0 Å². The quantitative estimate of drug-likeness (QED) is 0.590. The molecule has 0 aliphatic heterocycles. The molecule has 2 amide bonds. The van der Waals surface area contributed by atoms with E-state index in [9.17, 15) is 9.59 Å². The number of benzene rings is 2. The van der Waals surface area contributed by atoms with Crippen LogP contribution in [0.3, 0.4) is 0 Å². The van der Waals surface area contributed by atoms with Gasteiger partial charge in [-0.1, -0.05) is 34.1 Å². The monoisotopic (exact) mass is 442 g/mol. The molecule has 3 rings (SSSR count). The maximum atomic E-state index is 12.5. The highest BCUT2D eigenvalue weighted by Gasteiger charge is 2.18. The van der Waals surface area contributed by atoms with Crippen molar-refractivity contribution in [2.75, 3.05) is 18.9 Å². The van der Waals surface area contributed by atoms with E-state index in [0.717, 1.165) is 4.47 Å². The number of amides is 2. The maximum Gasteiger partial charge on any atom is 0.289 e. The summed E-state index contributed by atoms with van der Waals surface area (Å²) in [5.41, 5.74) is 0.679. The van der Waals surface area contributed by atoms with Crippen molar-refractivity contribution < 1.29 is 18.7 Å². The smallest absolute Gasteiger partial charge is 0.289 e. The van der Waals surface area contributed by atoms with Crippen LogP contribution < -0.4 is 10.1 Å². The lowest BCUT2D eigenvalue weighted by atomic mass is 10.3. The number of para-hydroxylation sites is 1. The molecule has 2 aromatic carbocycles. The first kappa shape index (κ1) is 19.7. The van der Waals surface area contributed by atoms with Gasteiger partial charge in [-0.05, 0) is 48.5 Å². The van der Waals surface area contributed by atoms with Gasteiger partial charge in [-0.15, -0.1) is 0 Å². The van der Waals surface area contributed by atoms with Crippen LogP contribution in [0.1, 0.15) is 16.3 Å². The number of ether oxygens (including phenoxy) is 1. The Morgan fingerprint density at radius 1 is 1.04 bits per heavy atom. The zero-order valence-corrected chi connectivity index (χ0v) is 16.8. The lowest BCUT2D eigenvalue weighted by Crippen LogP contribution is -2.34. The molecule has 144 valence electrons. The third-order valence-electron chi connectivity index (χ3n) is 3.85. The Morgan fingerprint density at radius 3 is 2.46 bits per heavy atom. The molecule has 0 atom stereocenters. The van der Waals surface area contributed by atoms with Gasteiger partial charge in [0.05, 0.1) is 6.54 Å². The summed E-state index contributed by atoms with van der Waals surface area (Å²) in [6.07, 6.45) is 0. The number of halogens is 1. The number of nitrogens with one attached hydrogen (secondary N) is 1. The minimum absolute atomic E-state index is 0.0842.